The number of anilines is 1. The lowest BCUT2D eigenvalue weighted by Crippen LogP contribution is -2.09. The number of aromatic nitrogens is 2. The quantitative estimate of drug-likeness (QED) is 0.542. The zero-order valence-corrected chi connectivity index (χ0v) is 6.54. The molecule has 0 unspecified atom stereocenters. The third-order valence-electron chi connectivity index (χ3n) is 0.924. The zero-order chi connectivity index (χ0) is 8.43. The fourth-order valence-corrected chi connectivity index (χ4v) is 0.955. The minimum atomic E-state index is -0.481. The topological polar surface area (TPSA) is 72.3 Å². The van der Waals surface area contributed by atoms with Crippen LogP contribution in [0.4, 0.5) is 5.69 Å². The molecule has 7 heteroatoms. The fraction of sp³-hybridized carbons (Fsp3) is 0. The first-order valence-corrected chi connectivity index (χ1v) is 3.20. The lowest BCUT2D eigenvalue weighted by Gasteiger charge is -2.22. The molecule has 1 heterocycles. The van der Waals surface area contributed by atoms with Crippen molar-refractivity contribution in [1.29, 1.82) is 0 Å². The predicted molar refractivity (Wildman–Crippen MR) is 39.7 cm³/mol. The molecule has 1 aromatic heterocycles. The summed E-state index contributed by atoms with van der Waals surface area (Å²) in [6.07, 6.45) is 1.08. The SMILES string of the molecule is [O-]N(O)c1c(Cl)ncnc1Cl. The molecule has 0 aliphatic rings. The van der Waals surface area contributed by atoms with Crippen molar-refractivity contribution < 1.29 is 5.21 Å². The van der Waals surface area contributed by atoms with E-state index in [0.29, 0.717) is 0 Å². The molecule has 0 amide bonds. The Morgan fingerprint density at radius 1 is 1.36 bits per heavy atom. The Bertz CT molecular complexity index is 247. The standard InChI is InChI=1S/C4H2Cl2N3O2/c5-3-2(9(10)11)4(6)8-1-7-3/h1,10H/q-1. The van der Waals surface area contributed by atoms with Crippen LogP contribution >= 0.6 is 23.2 Å². The lowest BCUT2D eigenvalue weighted by atomic mass is 10.5. The van der Waals surface area contributed by atoms with Gasteiger partial charge in [-0.05, 0) is 0 Å². The Morgan fingerprint density at radius 3 is 2.09 bits per heavy atom. The summed E-state index contributed by atoms with van der Waals surface area (Å²) in [5, 5.41) is 17.9. The van der Waals surface area contributed by atoms with Crippen LogP contribution in [0.3, 0.4) is 0 Å². The van der Waals surface area contributed by atoms with Crippen LogP contribution in [-0.4, -0.2) is 15.2 Å². The van der Waals surface area contributed by atoms with Crippen molar-refractivity contribution in [3.05, 3.63) is 21.8 Å². The van der Waals surface area contributed by atoms with Crippen LogP contribution in [0.15, 0.2) is 6.33 Å². The Kier molecular flexibility index (Phi) is 2.45. The van der Waals surface area contributed by atoms with Crippen molar-refractivity contribution in [1.82, 2.24) is 9.97 Å². The van der Waals surface area contributed by atoms with Crippen LogP contribution in [-0.2, 0) is 0 Å². The Morgan fingerprint density at radius 2 is 1.82 bits per heavy atom. The molecule has 0 bridgehead atoms. The highest BCUT2D eigenvalue weighted by Gasteiger charge is 2.07. The van der Waals surface area contributed by atoms with E-state index in [0.717, 1.165) is 6.33 Å². The maximum atomic E-state index is 10.3. The highest BCUT2D eigenvalue weighted by molar-refractivity contribution is 6.37. The van der Waals surface area contributed by atoms with Crippen LogP contribution in [0, 0.1) is 5.21 Å². The number of hydrogen-bond donors (Lipinski definition) is 1. The zero-order valence-electron chi connectivity index (χ0n) is 5.03. The second-order valence-corrected chi connectivity index (χ2v) is 2.29. The molecule has 5 nitrogen and oxygen atoms in total. The minimum Gasteiger partial charge on any atom is -0.733 e. The summed E-state index contributed by atoms with van der Waals surface area (Å²) in [5.74, 6) is 0. The van der Waals surface area contributed by atoms with Gasteiger partial charge < -0.3 is 10.4 Å². The molecule has 11 heavy (non-hydrogen) atoms. The molecule has 1 aromatic rings. The largest absolute Gasteiger partial charge is 0.733 e. The average molecular weight is 195 g/mol. The summed E-state index contributed by atoms with van der Waals surface area (Å²) in [7, 11) is 0. The molecule has 1 N–H and O–H groups in total. The molecule has 0 radical (unpaired) electrons. The van der Waals surface area contributed by atoms with Gasteiger partial charge in [0.1, 0.15) is 12.0 Å². The van der Waals surface area contributed by atoms with Crippen molar-refractivity contribution in [3.8, 4) is 0 Å². The first-order chi connectivity index (χ1) is 5.13. The number of nitrogens with zero attached hydrogens (tertiary/aromatic N) is 3. The normalized spacial score (nSPS) is 9.82. The first kappa shape index (κ1) is 8.48. The van der Waals surface area contributed by atoms with Crippen molar-refractivity contribution in [3.63, 3.8) is 0 Å². The molecular formula is C4H2Cl2N3O2-. The summed E-state index contributed by atoms with van der Waals surface area (Å²) < 4.78 is 0. The molecule has 0 fully saturated rings. The van der Waals surface area contributed by atoms with Crippen molar-refractivity contribution in [2.45, 2.75) is 0 Å². The van der Waals surface area contributed by atoms with Gasteiger partial charge in [-0.25, -0.2) is 9.97 Å². The Labute approximate surface area is 71.7 Å². The molecule has 0 aliphatic carbocycles. The van der Waals surface area contributed by atoms with Crippen molar-refractivity contribution in [2.24, 2.45) is 0 Å². The van der Waals surface area contributed by atoms with Gasteiger partial charge in [0.05, 0.1) is 0 Å². The van der Waals surface area contributed by atoms with Crippen molar-refractivity contribution in [2.75, 3.05) is 5.23 Å². The van der Waals surface area contributed by atoms with Gasteiger partial charge in [0.2, 0.25) is 0 Å². The lowest BCUT2D eigenvalue weighted by molar-refractivity contribution is 0.296. The molecule has 0 saturated carbocycles. The second kappa shape index (κ2) is 3.19. The predicted octanol–water partition coefficient (Wildman–Crippen LogP) is 1.48. The van der Waals surface area contributed by atoms with E-state index >= 15 is 0 Å². The van der Waals surface area contributed by atoms with E-state index < -0.39 is 5.23 Å². The molecule has 0 aliphatic heterocycles. The van der Waals surface area contributed by atoms with Gasteiger partial charge in [-0.3, -0.25) is 5.21 Å². The van der Waals surface area contributed by atoms with Gasteiger partial charge >= 0.3 is 0 Å². The van der Waals surface area contributed by atoms with E-state index in [1.165, 1.54) is 0 Å². The number of rotatable bonds is 1. The Balaban J connectivity index is 3.21. The van der Waals surface area contributed by atoms with Crippen molar-refractivity contribution >= 4 is 28.9 Å². The summed E-state index contributed by atoms with van der Waals surface area (Å²) in [6.45, 7) is 0. The number of hydrogen-bond acceptors (Lipinski definition) is 5. The highest BCUT2D eigenvalue weighted by atomic mass is 35.5. The monoisotopic (exact) mass is 194 g/mol. The molecule has 0 aromatic carbocycles. The third-order valence-corrected chi connectivity index (χ3v) is 1.48. The third kappa shape index (κ3) is 1.69. The number of halogens is 2. The summed E-state index contributed by atoms with van der Waals surface area (Å²) in [4.78, 5) is 6.86. The Hall–Kier alpha value is -0.620. The van der Waals surface area contributed by atoms with Crippen LogP contribution in [0.1, 0.15) is 0 Å². The van der Waals surface area contributed by atoms with E-state index in [9.17, 15) is 5.21 Å². The van der Waals surface area contributed by atoms with Gasteiger partial charge in [0, 0.05) is 0 Å². The van der Waals surface area contributed by atoms with E-state index in [-0.39, 0.29) is 16.0 Å². The van der Waals surface area contributed by atoms with E-state index in [4.69, 9.17) is 28.4 Å². The molecule has 0 saturated heterocycles. The average Bonchev–Trinajstić information content (AvgIpc) is 1.85. The maximum Gasteiger partial charge on any atom is 0.158 e. The maximum absolute atomic E-state index is 10.3. The van der Waals surface area contributed by atoms with Gasteiger partial charge in [-0.1, -0.05) is 23.2 Å². The second-order valence-electron chi connectivity index (χ2n) is 1.58. The van der Waals surface area contributed by atoms with E-state index in [1.54, 1.807) is 0 Å². The summed E-state index contributed by atoms with van der Waals surface area (Å²) >= 11 is 10.8. The minimum absolute atomic E-state index is 0.192. The molecule has 1 rings (SSSR count). The molecule has 0 atom stereocenters. The van der Waals surface area contributed by atoms with Gasteiger partial charge in [0.25, 0.3) is 0 Å². The van der Waals surface area contributed by atoms with Gasteiger partial charge in [0.15, 0.2) is 10.3 Å². The van der Waals surface area contributed by atoms with Crippen LogP contribution < -0.4 is 5.23 Å². The summed E-state index contributed by atoms with van der Waals surface area (Å²) in [5.41, 5.74) is -0.351. The highest BCUT2D eigenvalue weighted by Crippen LogP contribution is 2.27. The van der Waals surface area contributed by atoms with E-state index in [2.05, 4.69) is 9.97 Å². The van der Waals surface area contributed by atoms with Crippen LogP contribution in [0.5, 0.6) is 0 Å². The molecule has 60 valence electrons. The fourth-order valence-electron chi connectivity index (χ4n) is 0.495. The molecule has 0 spiro atoms. The van der Waals surface area contributed by atoms with Crippen LogP contribution in [0.2, 0.25) is 10.3 Å². The van der Waals surface area contributed by atoms with Gasteiger partial charge in [-0.2, -0.15) is 0 Å². The smallest absolute Gasteiger partial charge is 0.158 e. The van der Waals surface area contributed by atoms with Crippen LogP contribution in [0.25, 0.3) is 0 Å². The first-order valence-electron chi connectivity index (χ1n) is 2.45. The molecular weight excluding hydrogens is 193 g/mol. The van der Waals surface area contributed by atoms with Gasteiger partial charge in [-0.15, -0.1) is 0 Å². The summed E-state index contributed by atoms with van der Waals surface area (Å²) in [6, 6.07) is 0. The van der Waals surface area contributed by atoms with E-state index in [1.807, 2.05) is 0 Å².